The first-order valence-electron chi connectivity index (χ1n) is 10.4. The molecule has 2 N–H and O–H groups in total. The molecular weight excluding hydrogens is 359 g/mol. The average molecular weight is 393 g/mol. The summed E-state index contributed by atoms with van der Waals surface area (Å²) in [4.78, 5) is 14.4. The fourth-order valence-corrected chi connectivity index (χ4v) is 4.43. The third kappa shape index (κ3) is 5.45. The zero-order chi connectivity index (χ0) is 20.4. The van der Waals surface area contributed by atoms with Gasteiger partial charge in [-0.3, -0.25) is 4.90 Å². The Balaban J connectivity index is 1.53. The Morgan fingerprint density at radius 2 is 1.93 bits per heavy atom. The molecule has 3 unspecified atom stereocenters. The number of rotatable bonds is 3. The van der Waals surface area contributed by atoms with Gasteiger partial charge in [0.05, 0.1) is 5.60 Å². The Bertz CT molecular complexity index is 673. The lowest BCUT2D eigenvalue weighted by Gasteiger charge is -2.29. The molecule has 1 aromatic carbocycles. The van der Waals surface area contributed by atoms with Crippen LogP contribution < -0.4 is 5.32 Å². The van der Waals surface area contributed by atoms with E-state index in [4.69, 9.17) is 4.74 Å². The summed E-state index contributed by atoms with van der Waals surface area (Å²) in [5, 5.41) is 14.1. The highest BCUT2D eigenvalue weighted by atomic mass is 19.1. The minimum atomic E-state index is -0.879. The minimum Gasteiger partial charge on any atom is -0.444 e. The summed E-state index contributed by atoms with van der Waals surface area (Å²) in [7, 11) is 0. The lowest BCUT2D eigenvalue weighted by atomic mass is 9.86. The number of hydrogen-bond acceptors (Lipinski definition) is 4. The summed E-state index contributed by atoms with van der Waals surface area (Å²) >= 11 is 0. The summed E-state index contributed by atoms with van der Waals surface area (Å²) in [5.74, 6) is -0.278. The van der Waals surface area contributed by atoms with Gasteiger partial charge in [0.25, 0.3) is 0 Å². The molecule has 1 aromatic rings. The van der Waals surface area contributed by atoms with Crippen molar-refractivity contribution < 1.29 is 19.0 Å². The molecule has 1 saturated heterocycles. The van der Waals surface area contributed by atoms with Crippen molar-refractivity contribution in [3.05, 3.63) is 35.6 Å². The highest BCUT2D eigenvalue weighted by Crippen LogP contribution is 2.37. The highest BCUT2D eigenvalue weighted by Gasteiger charge is 2.36. The van der Waals surface area contributed by atoms with E-state index in [1.54, 1.807) is 12.1 Å². The predicted octanol–water partition coefficient (Wildman–Crippen LogP) is 3.95. The Morgan fingerprint density at radius 3 is 2.61 bits per heavy atom. The van der Waals surface area contributed by atoms with Crippen molar-refractivity contribution in [2.45, 2.75) is 82.6 Å². The molecule has 1 saturated carbocycles. The maximum Gasteiger partial charge on any atom is 0.407 e. The number of halogens is 1. The van der Waals surface area contributed by atoms with Crippen molar-refractivity contribution in [3.8, 4) is 0 Å². The van der Waals surface area contributed by atoms with Crippen molar-refractivity contribution in [2.24, 2.45) is 0 Å². The zero-order valence-electron chi connectivity index (χ0n) is 17.2. The third-order valence-corrected chi connectivity index (χ3v) is 5.86. The Kier molecular flexibility index (Phi) is 6.30. The van der Waals surface area contributed by atoms with Crippen LogP contribution >= 0.6 is 0 Å². The van der Waals surface area contributed by atoms with Crippen molar-refractivity contribution in [2.75, 3.05) is 13.1 Å². The van der Waals surface area contributed by atoms with Gasteiger partial charge in [0.15, 0.2) is 0 Å². The summed E-state index contributed by atoms with van der Waals surface area (Å²) < 4.78 is 18.6. The lowest BCUT2D eigenvalue weighted by molar-refractivity contribution is 0.0186. The van der Waals surface area contributed by atoms with Gasteiger partial charge >= 0.3 is 6.09 Å². The molecule has 5 nitrogen and oxygen atoms in total. The fraction of sp³-hybridized carbons (Fsp3) is 0.682. The van der Waals surface area contributed by atoms with Crippen molar-refractivity contribution in [1.29, 1.82) is 0 Å². The van der Waals surface area contributed by atoms with Gasteiger partial charge in [-0.2, -0.15) is 0 Å². The van der Waals surface area contributed by atoms with Gasteiger partial charge < -0.3 is 15.2 Å². The smallest absolute Gasteiger partial charge is 0.407 e. The second-order valence-corrected chi connectivity index (χ2v) is 9.25. The monoisotopic (exact) mass is 392 g/mol. The van der Waals surface area contributed by atoms with Gasteiger partial charge in [-0.15, -0.1) is 0 Å². The minimum absolute atomic E-state index is 0.106. The normalized spacial score (nSPS) is 29.3. The van der Waals surface area contributed by atoms with Crippen LogP contribution in [0.1, 0.15) is 64.9 Å². The number of nitrogens with one attached hydrogen (secondary N) is 1. The van der Waals surface area contributed by atoms with Gasteiger partial charge in [0.1, 0.15) is 11.4 Å². The molecule has 156 valence electrons. The molecule has 28 heavy (non-hydrogen) atoms. The van der Waals surface area contributed by atoms with E-state index >= 15 is 0 Å². The second kappa shape index (κ2) is 8.37. The molecule has 3 atom stereocenters. The number of carbonyl (C=O) groups is 1. The molecule has 1 aliphatic carbocycles. The van der Waals surface area contributed by atoms with Crippen LogP contribution in [-0.2, 0) is 10.3 Å². The van der Waals surface area contributed by atoms with E-state index in [1.165, 1.54) is 12.1 Å². The number of carbonyl (C=O) groups excluding carboxylic acids is 1. The molecule has 0 bridgehead atoms. The van der Waals surface area contributed by atoms with E-state index in [9.17, 15) is 14.3 Å². The number of amides is 1. The van der Waals surface area contributed by atoms with E-state index in [0.717, 1.165) is 44.3 Å². The first-order valence-corrected chi connectivity index (χ1v) is 10.4. The Hall–Kier alpha value is -1.66. The molecule has 2 fully saturated rings. The highest BCUT2D eigenvalue weighted by molar-refractivity contribution is 5.68. The number of benzene rings is 1. The molecule has 0 aromatic heterocycles. The van der Waals surface area contributed by atoms with Crippen molar-refractivity contribution in [3.63, 3.8) is 0 Å². The number of nitrogens with zero attached hydrogens (tertiary/aromatic N) is 1. The molecule has 1 heterocycles. The first-order chi connectivity index (χ1) is 13.1. The van der Waals surface area contributed by atoms with Crippen LogP contribution in [0.3, 0.4) is 0 Å². The number of hydrogen-bond donors (Lipinski definition) is 2. The third-order valence-electron chi connectivity index (χ3n) is 5.86. The van der Waals surface area contributed by atoms with Gasteiger partial charge in [0, 0.05) is 25.2 Å². The molecule has 6 heteroatoms. The van der Waals surface area contributed by atoms with Crippen LogP contribution in [0, 0.1) is 5.82 Å². The van der Waals surface area contributed by atoms with Crippen LogP contribution in [0.4, 0.5) is 9.18 Å². The maximum atomic E-state index is 13.2. The fourth-order valence-electron chi connectivity index (χ4n) is 4.43. The average Bonchev–Trinajstić information content (AvgIpc) is 2.95. The molecule has 0 spiro atoms. The van der Waals surface area contributed by atoms with E-state index in [-0.39, 0.29) is 18.0 Å². The van der Waals surface area contributed by atoms with E-state index in [2.05, 4.69) is 10.2 Å². The summed E-state index contributed by atoms with van der Waals surface area (Å²) in [5.41, 5.74) is -0.564. The molecule has 3 rings (SSSR count). The molecule has 1 amide bonds. The van der Waals surface area contributed by atoms with E-state index in [1.807, 2.05) is 20.8 Å². The Morgan fingerprint density at radius 1 is 1.21 bits per heavy atom. The Labute approximate surface area is 167 Å². The second-order valence-electron chi connectivity index (χ2n) is 9.25. The van der Waals surface area contributed by atoms with Crippen LogP contribution in [0.25, 0.3) is 0 Å². The topological polar surface area (TPSA) is 61.8 Å². The number of aliphatic hydroxyl groups is 1. The van der Waals surface area contributed by atoms with Crippen LogP contribution in [0.15, 0.2) is 24.3 Å². The zero-order valence-corrected chi connectivity index (χ0v) is 17.2. The maximum absolute atomic E-state index is 13.2. The van der Waals surface area contributed by atoms with Gasteiger partial charge in [-0.25, -0.2) is 9.18 Å². The van der Waals surface area contributed by atoms with Crippen molar-refractivity contribution >= 4 is 6.09 Å². The van der Waals surface area contributed by atoms with Gasteiger partial charge in [0.2, 0.25) is 0 Å². The largest absolute Gasteiger partial charge is 0.444 e. The molecule has 2 aliphatic rings. The molecular formula is C22H33FN2O3. The van der Waals surface area contributed by atoms with E-state index in [0.29, 0.717) is 18.9 Å². The quantitative estimate of drug-likeness (QED) is 0.765. The van der Waals surface area contributed by atoms with Crippen LogP contribution in [0.5, 0.6) is 0 Å². The molecule has 0 radical (unpaired) electrons. The summed E-state index contributed by atoms with van der Waals surface area (Å²) in [6.45, 7) is 7.35. The summed E-state index contributed by atoms with van der Waals surface area (Å²) in [6.07, 6.45) is 4.78. The number of ether oxygens (including phenoxy) is 1. The number of alkyl carbamates (subject to hydrolysis) is 1. The van der Waals surface area contributed by atoms with E-state index < -0.39 is 11.2 Å². The first kappa shape index (κ1) is 21.1. The molecule has 1 aliphatic heterocycles. The lowest BCUT2D eigenvalue weighted by Crippen LogP contribution is -2.42. The summed E-state index contributed by atoms with van der Waals surface area (Å²) in [6, 6.07) is 6.75. The SMILES string of the molecule is CC(C)(C)OC(=O)NC1CCN(C2CCCC(O)(c3ccc(F)cc3)CC2)C1. The van der Waals surface area contributed by atoms with Gasteiger partial charge in [-0.05, 0) is 77.0 Å². The standard InChI is InChI=1S/C22H33FN2O3/c1-21(2,3)28-20(26)24-18-11-14-25(15-18)19-5-4-12-22(27,13-10-19)16-6-8-17(23)9-7-16/h6-9,18-19,27H,4-5,10-15H2,1-3H3,(H,24,26). The van der Waals surface area contributed by atoms with Crippen molar-refractivity contribution in [1.82, 2.24) is 10.2 Å². The van der Waals surface area contributed by atoms with Crippen LogP contribution in [-0.4, -0.2) is 46.9 Å². The van der Waals surface area contributed by atoms with Crippen LogP contribution in [0.2, 0.25) is 0 Å². The van der Waals surface area contributed by atoms with Gasteiger partial charge in [-0.1, -0.05) is 12.1 Å². The number of likely N-dealkylation sites (tertiary alicyclic amines) is 1. The predicted molar refractivity (Wildman–Crippen MR) is 107 cm³/mol.